The summed E-state index contributed by atoms with van der Waals surface area (Å²) in [5.41, 5.74) is 6.40. The lowest BCUT2D eigenvalue weighted by molar-refractivity contribution is -0.380. The highest BCUT2D eigenvalue weighted by atomic mass is 32.1. The SMILES string of the molecule is N#CC1=C(N)C(C#N)(C#N)[C@H](c2ccc([N+](=O)[O-])s2)[C@@H]2CN(Cc3ccccc3)CC=C12. The van der Waals surface area contributed by atoms with Gasteiger partial charge in [0, 0.05) is 42.4 Å². The van der Waals surface area contributed by atoms with Crippen LogP contribution in [0.4, 0.5) is 5.00 Å². The van der Waals surface area contributed by atoms with Crippen LogP contribution in [0.1, 0.15) is 16.4 Å². The molecule has 0 fully saturated rings. The minimum absolute atomic E-state index is 0.0686. The normalized spacial score (nSPS) is 22.1. The maximum Gasteiger partial charge on any atom is 0.324 e. The second kappa shape index (κ2) is 8.28. The number of fused-ring (bicyclic) bond motifs is 1. The predicted octanol–water partition coefficient (Wildman–Crippen LogP) is 3.58. The molecule has 1 aromatic heterocycles. The monoisotopic (exact) mass is 442 g/mol. The van der Waals surface area contributed by atoms with E-state index in [1.165, 1.54) is 6.07 Å². The fourth-order valence-corrected chi connectivity index (χ4v) is 5.68. The van der Waals surface area contributed by atoms with Crippen LogP contribution in [0.5, 0.6) is 0 Å². The van der Waals surface area contributed by atoms with Gasteiger partial charge in [-0.2, -0.15) is 15.8 Å². The van der Waals surface area contributed by atoms with Crippen molar-refractivity contribution in [1.29, 1.82) is 15.8 Å². The topological polar surface area (TPSA) is 144 Å². The van der Waals surface area contributed by atoms with E-state index < -0.39 is 16.3 Å². The van der Waals surface area contributed by atoms with Crippen molar-refractivity contribution in [2.45, 2.75) is 12.5 Å². The van der Waals surface area contributed by atoms with Crippen molar-refractivity contribution in [2.75, 3.05) is 13.1 Å². The number of nitrogens with two attached hydrogens (primary N) is 1. The molecule has 8 nitrogen and oxygen atoms in total. The van der Waals surface area contributed by atoms with E-state index in [-0.39, 0.29) is 22.2 Å². The number of nitro groups is 1. The van der Waals surface area contributed by atoms with Crippen LogP contribution in [0.3, 0.4) is 0 Å². The second-order valence-electron chi connectivity index (χ2n) is 7.79. The molecular formula is C23H18N6O2S. The summed E-state index contributed by atoms with van der Waals surface area (Å²) >= 11 is 0.944. The average Bonchev–Trinajstić information content (AvgIpc) is 3.29. The lowest BCUT2D eigenvalue weighted by Gasteiger charge is -2.45. The lowest BCUT2D eigenvalue weighted by atomic mass is 9.59. The van der Waals surface area contributed by atoms with Gasteiger partial charge in [-0.3, -0.25) is 15.0 Å². The number of allylic oxidation sites excluding steroid dienone is 2. The molecule has 0 saturated carbocycles. The Kier molecular flexibility index (Phi) is 5.50. The van der Waals surface area contributed by atoms with Crippen LogP contribution >= 0.6 is 11.3 Å². The van der Waals surface area contributed by atoms with Gasteiger partial charge in [-0.25, -0.2) is 0 Å². The van der Waals surface area contributed by atoms with Gasteiger partial charge in [0.05, 0.1) is 28.3 Å². The molecule has 0 amide bonds. The Hall–Kier alpha value is -3.97. The van der Waals surface area contributed by atoms with E-state index in [0.29, 0.717) is 30.1 Å². The van der Waals surface area contributed by atoms with Crippen LogP contribution in [-0.2, 0) is 6.54 Å². The van der Waals surface area contributed by atoms with Gasteiger partial charge in [0.2, 0.25) is 0 Å². The first kappa shape index (κ1) is 21.3. The maximum absolute atomic E-state index is 11.3. The minimum atomic E-state index is -1.79. The summed E-state index contributed by atoms with van der Waals surface area (Å²) in [5.74, 6) is -1.11. The van der Waals surface area contributed by atoms with E-state index in [9.17, 15) is 25.9 Å². The summed E-state index contributed by atoms with van der Waals surface area (Å²) in [7, 11) is 0. The molecule has 1 aromatic carbocycles. The van der Waals surface area contributed by atoms with Crippen molar-refractivity contribution in [3.05, 3.63) is 85.9 Å². The van der Waals surface area contributed by atoms with Crippen LogP contribution in [-0.4, -0.2) is 22.9 Å². The number of hydrogen-bond donors (Lipinski definition) is 1. The first-order chi connectivity index (χ1) is 15.4. The van der Waals surface area contributed by atoms with Gasteiger partial charge in [-0.15, -0.1) is 0 Å². The molecular weight excluding hydrogens is 424 g/mol. The Labute approximate surface area is 188 Å². The highest BCUT2D eigenvalue weighted by molar-refractivity contribution is 7.15. The van der Waals surface area contributed by atoms with E-state index in [0.717, 1.165) is 16.9 Å². The fraction of sp³-hybridized carbons (Fsp3) is 0.261. The van der Waals surface area contributed by atoms with Crippen molar-refractivity contribution >= 4 is 16.3 Å². The van der Waals surface area contributed by atoms with Crippen molar-refractivity contribution < 1.29 is 4.92 Å². The molecule has 2 N–H and O–H groups in total. The Morgan fingerprint density at radius 1 is 1.19 bits per heavy atom. The average molecular weight is 443 g/mol. The molecule has 2 atom stereocenters. The summed E-state index contributed by atoms with van der Waals surface area (Å²) < 4.78 is 0. The smallest absolute Gasteiger partial charge is 0.324 e. The molecule has 32 heavy (non-hydrogen) atoms. The molecule has 2 aliphatic rings. The molecule has 1 aliphatic heterocycles. The van der Waals surface area contributed by atoms with Gasteiger partial charge in [0.25, 0.3) is 0 Å². The van der Waals surface area contributed by atoms with Crippen LogP contribution in [0.25, 0.3) is 0 Å². The van der Waals surface area contributed by atoms with Gasteiger partial charge in [-0.1, -0.05) is 47.7 Å². The largest absolute Gasteiger partial charge is 0.399 e. The van der Waals surface area contributed by atoms with Crippen LogP contribution in [0.15, 0.2) is 65.4 Å². The first-order valence-electron chi connectivity index (χ1n) is 9.88. The van der Waals surface area contributed by atoms with E-state index in [1.54, 1.807) is 6.07 Å². The van der Waals surface area contributed by atoms with E-state index >= 15 is 0 Å². The minimum Gasteiger partial charge on any atom is -0.399 e. The molecule has 0 radical (unpaired) electrons. The molecule has 1 aliphatic carbocycles. The zero-order valence-corrected chi connectivity index (χ0v) is 17.7. The Morgan fingerprint density at radius 3 is 2.50 bits per heavy atom. The van der Waals surface area contributed by atoms with Crippen molar-refractivity contribution in [2.24, 2.45) is 17.1 Å². The van der Waals surface area contributed by atoms with E-state index in [2.05, 4.69) is 23.1 Å². The Bertz CT molecular complexity index is 1240. The predicted molar refractivity (Wildman–Crippen MR) is 117 cm³/mol. The molecule has 9 heteroatoms. The summed E-state index contributed by atoms with van der Waals surface area (Å²) in [4.78, 5) is 13.5. The standard InChI is InChI=1S/C23H18N6O2S/c24-10-17-16-8-9-28(11-15-4-2-1-3-5-15)12-18(16)21(23(13-25,14-26)22(17)27)19-6-7-20(32-19)29(30)31/h1-8,18,21H,9,11-12,27H2/t18-,21+/m1/s1. The van der Waals surface area contributed by atoms with Crippen LogP contribution < -0.4 is 5.73 Å². The molecule has 158 valence electrons. The second-order valence-corrected chi connectivity index (χ2v) is 8.88. The number of thiophene rings is 1. The Morgan fingerprint density at radius 2 is 1.91 bits per heavy atom. The molecule has 2 aromatic rings. The fourth-order valence-electron chi connectivity index (χ4n) is 4.62. The summed E-state index contributed by atoms with van der Waals surface area (Å²) in [6, 6.07) is 19.1. The highest BCUT2D eigenvalue weighted by Gasteiger charge is 2.55. The van der Waals surface area contributed by atoms with Gasteiger partial charge < -0.3 is 5.73 Å². The van der Waals surface area contributed by atoms with Crippen molar-refractivity contribution in [3.8, 4) is 18.2 Å². The summed E-state index contributed by atoms with van der Waals surface area (Å²) in [6.45, 7) is 1.73. The van der Waals surface area contributed by atoms with Gasteiger partial charge in [0.15, 0.2) is 5.41 Å². The molecule has 4 rings (SSSR count). The molecule has 0 unspecified atom stereocenters. The number of nitriles is 3. The van der Waals surface area contributed by atoms with E-state index in [1.807, 2.05) is 36.4 Å². The Balaban J connectivity index is 1.84. The number of benzene rings is 1. The number of rotatable bonds is 4. The molecule has 0 bridgehead atoms. The van der Waals surface area contributed by atoms with E-state index in [4.69, 9.17) is 5.73 Å². The molecule has 0 saturated heterocycles. The van der Waals surface area contributed by atoms with Crippen molar-refractivity contribution in [1.82, 2.24) is 4.90 Å². The number of hydrogen-bond acceptors (Lipinski definition) is 8. The molecule has 2 heterocycles. The quantitative estimate of drug-likeness (QED) is 0.563. The van der Waals surface area contributed by atoms with Crippen molar-refractivity contribution in [3.63, 3.8) is 0 Å². The zero-order valence-electron chi connectivity index (χ0n) is 16.9. The van der Waals surface area contributed by atoms with Gasteiger partial charge in [-0.05, 0) is 17.2 Å². The summed E-state index contributed by atoms with van der Waals surface area (Å²) in [6.07, 6.45) is 1.93. The third kappa shape index (κ3) is 3.33. The first-order valence-corrected chi connectivity index (χ1v) is 10.7. The van der Waals surface area contributed by atoms with Gasteiger partial charge in [0.1, 0.15) is 6.07 Å². The van der Waals surface area contributed by atoms with Crippen LogP contribution in [0.2, 0.25) is 0 Å². The zero-order chi connectivity index (χ0) is 22.9. The highest BCUT2D eigenvalue weighted by Crippen LogP contribution is 2.55. The lowest BCUT2D eigenvalue weighted by Crippen LogP contribution is -2.47. The number of nitrogens with zero attached hydrogens (tertiary/aromatic N) is 5. The summed E-state index contributed by atoms with van der Waals surface area (Å²) in [5, 5.41) is 41.2. The maximum atomic E-state index is 11.3. The molecule has 0 spiro atoms. The van der Waals surface area contributed by atoms with Gasteiger partial charge >= 0.3 is 5.00 Å². The van der Waals surface area contributed by atoms with Crippen LogP contribution in [0, 0.1) is 55.4 Å². The third-order valence-corrected chi connectivity index (χ3v) is 7.21. The third-order valence-electron chi connectivity index (χ3n) is 6.09.